The van der Waals surface area contributed by atoms with E-state index in [0.29, 0.717) is 31.4 Å². The Bertz CT molecular complexity index is 816. The summed E-state index contributed by atoms with van der Waals surface area (Å²) in [6.07, 6.45) is -0.0717. The fraction of sp³-hybridized carbons (Fsp3) is 0.667. The van der Waals surface area contributed by atoms with Crippen molar-refractivity contribution in [3.05, 3.63) is 35.3 Å². The second-order valence-electron chi connectivity index (χ2n) is 8.94. The Morgan fingerprint density at radius 3 is 2.45 bits per heavy atom. The third-order valence-electron chi connectivity index (χ3n) is 6.52. The van der Waals surface area contributed by atoms with Crippen molar-refractivity contribution >= 4 is 5.84 Å². The van der Waals surface area contributed by atoms with E-state index in [0.717, 1.165) is 23.8 Å². The minimum Gasteiger partial charge on any atom is -0.379 e. The van der Waals surface area contributed by atoms with Crippen LogP contribution in [0.3, 0.4) is 0 Å². The minimum absolute atomic E-state index is 0.130. The average molecular weight is 441 g/mol. The molecule has 0 aliphatic carbocycles. The van der Waals surface area contributed by atoms with Gasteiger partial charge in [0.15, 0.2) is 12.3 Å². The maximum absolute atomic E-state index is 14.1. The highest BCUT2D eigenvalue weighted by Crippen LogP contribution is 2.37. The number of halogens is 3. The highest BCUT2D eigenvalue weighted by molar-refractivity contribution is 5.92. The van der Waals surface area contributed by atoms with Crippen LogP contribution in [0.4, 0.5) is 13.2 Å². The summed E-state index contributed by atoms with van der Waals surface area (Å²) in [5, 5.41) is 11.5. The molecule has 2 saturated heterocycles. The number of allylic oxidation sites excluding steroid dienone is 1. The molecule has 2 fully saturated rings. The summed E-state index contributed by atoms with van der Waals surface area (Å²) in [6.45, 7) is 7.85. The smallest absolute Gasteiger partial charge is 0.379 e. The molecule has 0 amide bonds. The molecule has 0 aromatic heterocycles. The van der Waals surface area contributed by atoms with Crippen LogP contribution < -0.4 is 5.32 Å². The van der Waals surface area contributed by atoms with Crippen molar-refractivity contribution in [1.82, 2.24) is 24.9 Å². The van der Waals surface area contributed by atoms with E-state index in [1.807, 2.05) is 18.0 Å². The number of ether oxygens (including phenoxy) is 1. The predicted molar refractivity (Wildman–Crippen MR) is 112 cm³/mol. The van der Waals surface area contributed by atoms with Crippen molar-refractivity contribution in [1.29, 1.82) is 5.41 Å². The normalized spacial score (nSPS) is 33.4. The van der Waals surface area contributed by atoms with Gasteiger partial charge in [0.05, 0.1) is 13.2 Å². The van der Waals surface area contributed by atoms with Gasteiger partial charge in [-0.2, -0.15) is 13.2 Å². The van der Waals surface area contributed by atoms with Crippen molar-refractivity contribution in [2.24, 2.45) is 5.92 Å². The molecule has 0 aromatic rings. The molecule has 4 aliphatic rings. The number of likely N-dealkylation sites (N-methyl/N-ethyl adjacent to an activating group) is 2. The van der Waals surface area contributed by atoms with Crippen molar-refractivity contribution in [2.45, 2.75) is 38.4 Å². The van der Waals surface area contributed by atoms with Gasteiger partial charge < -0.3 is 24.8 Å². The van der Waals surface area contributed by atoms with Crippen LogP contribution in [-0.2, 0) is 4.74 Å². The summed E-state index contributed by atoms with van der Waals surface area (Å²) >= 11 is 0. The average Bonchev–Trinajstić information content (AvgIpc) is 2.68. The van der Waals surface area contributed by atoms with Crippen LogP contribution in [0.1, 0.15) is 13.8 Å². The van der Waals surface area contributed by atoms with E-state index in [2.05, 4.69) is 29.0 Å². The molecular weight excluding hydrogens is 409 g/mol. The quantitative estimate of drug-likeness (QED) is 0.685. The maximum Gasteiger partial charge on any atom is 0.413 e. The molecule has 7 nitrogen and oxygen atoms in total. The molecule has 0 radical (unpaired) electrons. The van der Waals surface area contributed by atoms with Crippen LogP contribution in [0.2, 0.25) is 0 Å². The molecule has 0 aromatic carbocycles. The topological polar surface area (TPSA) is 58.1 Å². The van der Waals surface area contributed by atoms with Gasteiger partial charge in [-0.15, -0.1) is 0 Å². The van der Waals surface area contributed by atoms with E-state index in [1.54, 1.807) is 0 Å². The molecule has 10 heteroatoms. The van der Waals surface area contributed by atoms with E-state index in [4.69, 9.17) is 10.1 Å². The first-order valence-electron chi connectivity index (χ1n) is 10.7. The Morgan fingerprint density at radius 2 is 1.84 bits per heavy atom. The number of nitrogens with one attached hydrogen (secondary N) is 2. The minimum atomic E-state index is -4.50. The molecule has 2 N–H and O–H groups in total. The number of morpholine rings is 1. The van der Waals surface area contributed by atoms with Gasteiger partial charge in [0.25, 0.3) is 0 Å². The van der Waals surface area contributed by atoms with E-state index in [1.165, 1.54) is 19.2 Å². The Hall–Kier alpha value is -2.20. The van der Waals surface area contributed by atoms with Crippen LogP contribution in [0.15, 0.2) is 35.3 Å². The van der Waals surface area contributed by atoms with Crippen LogP contribution in [0, 0.1) is 11.3 Å². The van der Waals surface area contributed by atoms with Gasteiger partial charge in [-0.05, 0) is 18.9 Å². The third-order valence-corrected chi connectivity index (χ3v) is 6.52. The number of hydrogen-bond acceptors (Lipinski definition) is 6. The molecule has 4 rings (SSSR count). The number of alkyl halides is 3. The van der Waals surface area contributed by atoms with Crippen molar-refractivity contribution in [3.63, 3.8) is 0 Å². The molecular formula is C21H31F3N6O. The zero-order chi connectivity index (χ0) is 22.5. The zero-order valence-electron chi connectivity index (χ0n) is 18.4. The van der Waals surface area contributed by atoms with Gasteiger partial charge in [-0.25, -0.2) is 0 Å². The first-order valence-corrected chi connectivity index (χ1v) is 10.7. The SMILES string of the molecule is CC1CN(C2=CC(=C3C=CC(=N)N(C)C3C(F)(F)F)N(C)C(N3CCOC[C@@H]3C)N2)C1. The number of likely N-dealkylation sites (tertiary alicyclic amines) is 1. The van der Waals surface area contributed by atoms with E-state index in [9.17, 15) is 13.2 Å². The summed E-state index contributed by atoms with van der Waals surface area (Å²) in [4.78, 5) is 7.29. The Balaban J connectivity index is 1.80. The number of rotatable bonds is 2. The molecule has 0 spiro atoms. The van der Waals surface area contributed by atoms with Crippen LogP contribution in [0.5, 0.6) is 0 Å². The lowest BCUT2D eigenvalue weighted by atomic mass is 9.96. The van der Waals surface area contributed by atoms with Crippen molar-refractivity contribution in [2.75, 3.05) is 46.9 Å². The summed E-state index contributed by atoms with van der Waals surface area (Å²) in [6, 6.07) is -1.73. The Kier molecular flexibility index (Phi) is 5.72. The highest BCUT2D eigenvalue weighted by atomic mass is 19.4. The standard InChI is InChI=1S/C21H31F3N6O/c1-13-10-29(11-13)18-9-16(15-5-6-17(25)28(4)19(15)21(22,23)24)27(3)20(26-18)30-7-8-31-12-14(30)2/h5-6,9,13-14,19-20,25-26H,7-8,10-12H2,1-4H3/t14-,19?,20?/m0/s1. The summed E-state index contributed by atoms with van der Waals surface area (Å²) in [5.74, 6) is 1.26. The highest BCUT2D eigenvalue weighted by Gasteiger charge is 2.48. The van der Waals surface area contributed by atoms with Gasteiger partial charge in [0, 0.05) is 57.1 Å². The molecule has 0 saturated carbocycles. The molecule has 3 atom stereocenters. The first-order chi connectivity index (χ1) is 14.6. The van der Waals surface area contributed by atoms with E-state index in [-0.39, 0.29) is 23.7 Å². The summed E-state index contributed by atoms with van der Waals surface area (Å²) in [5.41, 5.74) is 0.682. The monoisotopic (exact) mass is 440 g/mol. The van der Waals surface area contributed by atoms with Gasteiger partial charge in [-0.3, -0.25) is 10.3 Å². The largest absolute Gasteiger partial charge is 0.413 e. The zero-order valence-corrected chi connectivity index (χ0v) is 18.4. The first kappa shape index (κ1) is 22.0. The molecule has 4 heterocycles. The lowest BCUT2D eigenvalue weighted by molar-refractivity contribution is -0.161. The fourth-order valence-corrected chi connectivity index (χ4v) is 4.75. The number of amidine groups is 1. The van der Waals surface area contributed by atoms with Gasteiger partial charge in [-0.1, -0.05) is 13.0 Å². The number of nitrogens with zero attached hydrogens (tertiary/aromatic N) is 4. The molecule has 2 unspecified atom stereocenters. The van der Waals surface area contributed by atoms with E-state index >= 15 is 0 Å². The van der Waals surface area contributed by atoms with Gasteiger partial charge in [0.1, 0.15) is 11.7 Å². The van der Waals surface area contributed by atoms with E-state index < -0.39 is 12.2 Å². The molecule has 0 bridgehead atoms. The predicted octanol–water partition coefficient (Wildman–Crippen LogP) is 1.98. The van der Waals surface area contributed by atoms with Crippen molar-refractivity contribution in [3.8, 4) is 0 Å². The lowest BCUT2D eigenvalue weighted by Gasteiger charge is -2.51. The fourth-order valence-electron chi connectivity index (χ4n) is 4.75. The molecule has 4 aliphatic heterocycles. The van der Waals surface area contributed by atoms with Crippen LogP contribution in [0.25, 0.3) is 0 Å². The van der Waals surface area contributed by atoms with Crippen LogP contribution in [-0.4, -0.2) is 96.9 Å². The maximum atomic E-state index is 14.1. The van der Waals surface area contributed by atoms with Gasteiger partial charge in [0.2, 0.25) is 0 Å². The molecule has 31 heavy (non-hydrogen) atoms. The summed E-state index contributed by atoms with van der Waals surface area (Å²) in [7, 11) is 3.16. The summed E-state index contributed by atoms with van der Waals surface area (Å²) < 4.78 is 47.9. The van der Waals surface area contributed by atoms with Gasteiger partial charge >= 0.3 is 6.18 Å². The van der Waals surface area contributed by atoms with Crippen molar-refractivity contribution < 1.29 is 17.9 Å². The molecule has 172 valence electrons. The lowest BCUT2D eigenvalue weighted by Crippen LogP contribution is -2.64. The number of hydrogen-bond donors (Lipinski definition) is 2. The second kappa shape index (κ2) is 8.05. The Morgan fingerprint density at radius 1 is 1.13 bits per heavy atom. The second-order valence-corrected chi connectivity index (χ2v) is 8.94. The third kappa shape index (κ3) is 4.03. The van der Waals surface area contributed by atoms with Crippen LogP contribution >= 0.6 is 0 Å². The Labute approximate surface area is 181 Å².